The first-order chi connectivity index (χ1) is 10.8. The topological polar surface area (TPSA) is 55.8 Å². The first kappa shape index (κ1) is 15.1. The molecule has 1 saturated heterocycles. The number of hydrogen-bond acceptors (Lipinski definition) is 6. The molecule has 0 radical (unpaired) electrons. The van der Waals surface area contributed by atoms with Gasteiger partial charge < -0.3 is 20.4 Å². The van der Waals surface area contributed by atoms with Crippen LogP contribution in [0.4, 0.5) is 5.82 Å². The molecule has 0 aromatic carbocycles. The highest BCUT2D eigenvalue weighted by molar-refractivity contribution is 5.80. The van der Waals surface area contributed by atoms with Gasteiger partial charge in [0, 0.05) is 52.0 Å². The van der Waals surface area contributed by atoms with E-state index in [1.54, 1.807) is 0 Å². The van der Waals surface area contributed by atoms with Gasteiger partial charge in [-0.1, -0.05) is 13.0 Å². The van der Waals surface area contributed by atoms with Gasteiger partial charge >= 0.3 is 0 Å². The molecule has 0 spiro atoms. The molecule has 3 heterocycles. The zero-order valence-electron chi connectivity index (χ0n) is 13.4. The van der Waals surface area contributed by atoms with E-state index in [-0.39, 0.29) is 0 Å². The Hall–Kier alpha value is -1.82. The maximum Gasteiger partial charge on any atom is 0.191 e. The largest absolute Gasteiger partial charge is 0.356 e. The van der Waals surface area contributed by atoms with Crippen LogP contribution in [-0.4, -0.2) is 61.7 Å². The maximum atomic E-state index is 4.62. The van der Waals surface area contributed by atoms with Crippen LogP contribution in [0.5, 0.6) is 0 Å². The summed E-state index contributed by atoms with van der Waals surface area (Å²) in [5.41, 5.74) is 1.19. The highest BCUT2D eigenvalue weighted by atomic mass is 15.3. The normalized spacial score (nSPS) is 19.5. The van der Waals surface area contributed by atoms with Crippen molar-refractivity contribution in [2.24, 2.45) is 4.99 Å². The third kappa shape index (κ3) is 3.88. The van der Waals surface area contributed by atoms with Gasteiger partial charge in [-0.2, -0.15) is 0 Å². The molecule has 2 N–H and O–H groups in total. The SMILES string of the molecule is CCN1CCN(c2ccc(CNC3=NCCCN3)cn2)CC1. The lowest BCUT2D eigenvalue weighted by Crippen LogP contribution is -2.46. The Morgan fingerprint density at radius 3 is 2.73 bits per heavy atom. The van der Waals surface area contributed by atoms with Crippen LogP contribution in [0, 0.1) is 0 Å². The summed E-state index contributed by atoms with van der Waals surface area (Å²) < 4.78 is 0. The standard InChI is InChI=1S/C16H26N6/c1-2-21-8-10-22(11-9-21)15-5-4-14(12-19-15)13-20-16-17-6-3-7-18-16/h4-5,12H,2-3,6-11,13H2,1H3,(H2,17,18,20). The summed E-state index contributed by atoms with van der Waals surface area (Å²) in [5, 5.41) is 6.60. The molecule has 0 unspecified atom stereocenters. The lowest BCUT2D eigenvalue weighted by molar-refractivity contribution is 0.270. The molecule has 0 bridgehead atoms. The number of piperazine rings is 1. The fourth-order valence-electron chi connectivity index (χ4n) is 2.84. The van der Waals surface area contributed by atoms with Crippen molar-refractivity contribution in [3.8, 4) is 0 Å². The molecule has 2 aliphatic heterocycles. The molecule has 1 aromatic rings. The van der Waals surface area contributed by atoms with Gasteiger partial charge in [0.15, 0.2) is 5.96 Å². The zero-order chi connectivity index (χ0) is 15.2. The second kappa shape index (κ2) is 7.45. The predicted octanol–water partition coefficient (Wildman–Crippen LogP) is 0.662. The fraction of sp³-hybridized carbons (Fsp3) is 0.625. The fourth-order valence-corrected chi connectivity index (χ4v) is 2.84. The molecule has 0 amide bonds. The zero-order valence-corrected chi connectivity index (χ0v) is 13.4. The Balaban J connectivity index is 1.51. The Kier molecular flexibility index (Phi) is 5.11. The van der Waals surface area contributed by atoms with Gasteiger partial charge in [-0.3, -0.25) is 4.99 Å². The predicted molar refractivity (Wildman–Crippen MR) is 90.3 cm³/mol. The van der Waals surface area contributed by atoms with Crippen molar-refractivity contribution in [1.82, 2.24) is 20.5 Å². The van der Waals surface area contributed by atoms with Crippen LogP contribution >= 0.6 is 0 Å². The van der Waals surface area contributed by atoms with Crippen LogP contribution in [0.15, 0.2) is 23.3 Å². The number of nitrogens with zero attached hydrogens (tertiary/aromatic N) is 4. The van der Waals surface area contributed by atoms with Gasteiger partial charge in [0.05, 0.1) is 0 Å². The molecule has 1 fully saturated rings. The van der Waals surface area contributed by atoms with Crippen LogP contribution in [0.25, 0.3) is 0 Å². The highest BCUT2D eigenvalue weighted by Gasteiger charge is 2.16. The van der Waals surface area contributed by atoms with Gasteiger partial charge in [-0.15, -0.1) is 0 Å². The number of hydrogen-bond donors (Lipinski definition) is 2. The van der Waals surface area contributed by atoms with E-state index in [1.165, 1.54) is 5.56 Å². The van der Waals surface area contributed by atoms with Crippen LogP contribution in [0.1, 0.15) is 18.9 Å². The van der Waals surface area contributed by atoms with Crippen molar-refractivity contribution in [3.05, 3.63) is 23.9 Å². The number of nitrogens with one attached hydrogen (secondary N) is 2. The van der Waals surface area contributed by atoms with Crippen LogP contribution in [0.3, 0.4) is 0 Å². The Labute approximate surface area is 132 Å². The van der Waals surface area contributed by atoms with E-state index in [1.807, 2.05) is 6.20 Å². The number of pyridine rings is 1. The molecule has 6 nitrogen and oxygen atoms in total. The average molecular weight is 302 g/mol. The third-order valence-corrected chi connectivity index (χ3v) is 4.31. The maximum absolute atomic E-state index is 4.62. The van der Waals surface area contributed by atoms with Crippen molar-refractivity contribution in [3.63, 3.8) is 0 Å². The van der Waals surface area contributed by atoms with Crippen molar-refractivity contribution >= 4 is 11.8 Å². The van der Waals surface area contributed by atoms with Gasteiger partial charge in [0.2, 0.25) is 0 Å². The van der Waals surface area contributed by atoms with Gasteiger partial charge in [0.25, 0.3) is 0 Å². The number of likely N-dealkylation sites (N-methyl/N-ethyl adjacent to an activating group) is 1. The monoisotopic (exact) mass is 302 g/mol. The van der Waals surface area contributed by atoms with E-state index < -0.39 is 0 Å². The van der Waals surface area contributed by atoms with Crippen LogP contribution in [-0.2, 0) is 6.54 Å². The quantitative estimate of drug-likeness (QED) is 0.856. The molecular formula is C16H26N6. The molecule has 0 aliphatic carbocycles. The van der Waals surface area contributed by atoms with Crippen molar-refractivity contribution in [2.45, 2.75) is 19.9 Å². The minimum atomic E-state index is 0.767. The lowest BCUT2D eigenvalue weighted by atomic mass is 10.2. The molecule has 0 atom stereocenters. The lowest BCUT2D eigenvalue weighted by Gasteiger charge is -2.34. The van der Waals surface area contributed by atoms with Gasteiger partial charge in [-0.25, -0.2) is 4.98 Å². The van der Waals surface area contributed by atoms with E-state index in [4.69, 9.17) is 0 Å². The summed E-state index contributed by atoms with van der Waals surface area (Å²) in [5.74, 6) is 2.00. The molecule has 120 valence electrons. The second-order valence-corrected chi connectivity index (χ2v) is 5.81. The molecule has 3 rings (SSSR count). The molecule has 22 heavy (non-hydrogen) atoms. The van der Waals surface area contributed by atoms with Crippen LogP contribution in [0.2, 0.25) is 0 Å². The summed E-state index contributed by atoms with van der Waals surface area (Å²) in [6.45, 7) is 10.5. The number of aromatic nitrogens is 1. The van der Waals surface area contributed by atoms with E-state index in [0.29, 0.717) is 0 Å². The van der Waals surface area contributed by atoms with E-state index in [2.05, 4.69) is 49.5 Å². The first-order valence-corrected chi connectivity index (χ1v) is 8.29. The highest BCUT2D eigenvalue weighted by Crippen LogP contribution is 2.14. The molecular weight excluding hydrogens is 276 g/mol. The third-order valence-electron chi connectivity index (χ3n) is 4.31. The van der Waals surface area contributed by atoms with Crippen molar-refractivity contribution < 1.29 is 0 Å². The molecule has 2 aliphatic rings. The van der Waals surface area contributed by atoms with Crippen molar-refractivity contribution in [1.29, 1.82) is 0 Å². The molecule has 1 aromatic heterocycles. The summed E-state index contributed by atoms with van der Waals surface area (Å²) in [6.07, 6.45) is 3.09. The first-order valence-electron chi connectivity index (χ1n) is 8.29. The Bertz CT molecular complexity index is 490. The average Bonchev–Trinajstić information content (AvgIpc) is 2.61. The minimum absolute atomic E-state index is 0.767. The second-order valence-electron chi connectivity index (χ2n) is 5.81. The minimum Gasteiger partial charge on any atom is -0.356 e. The van der Waals surface area contributed by atoms with E-state index in [9.17, 15) is 0 Å². The number of guanidine groups is 1. The van der Waals surface area contributed by atoms with Gasteiger partial charge in [0.1, 0.15) is 5.82 Å². The summed E-state index contributed by atoms with van der Waals surface area (Å²) >= 11 is 0. The van der Waals surface area contributed by atoms with Gasteiger partial charge in [-0.05, 0) is 24.6 Å². The van der Waals surface area contributed by atoms with Crippen molar-refractivity contribution in [2.75, 3.05) is 50.7 Å². The summed E-state index contributed by atoms with van der Waals surface area (Å²) in [7, 11) is 0. The number of anilines is 1. The molecule has 0 saturated carbocycles. The Morgan fingerprint density at radius 2 is 2.09 bits per heavy atom. The molecule has 6 heteroatoms. The smallest absolute Gasteiger partial charge is 0.191 e. The number of aliphatic imine (C=N–C) groups is 1. The Morgan fingerprint density at radius 1 is 1.23 bits per heavy atom. The summed E-state index contributed by atoms with van der Waals surface area (Å²) in [6, 6.07) is 4.29. The van der Waals surface area contributed by atoms with E-state index in [0.717, 1.165) is 70.6 Å². The summed E-state index contributed by atoms with van der Waals surface area (Å²) in [4.78, 5) is 13.9. The number of rotatable bonds is 4. The van der Waals surface area contributed by atoms with Crippen LogP contribution < -0.4 is 15.5 Å². The van der Waals surface area contributed by atoms with E-state index >= 15 is 0 Å².